The first-order valence-electron chi connectivity index (χ1n) is 4.31. The third-order valence-electron chi connectivity index (χ3n) is 1.66. The molecule has 0 radical (unpaired) electrons. The van der Waals surface area contributed by atoms with E-state index in [1.54, 1.807) is 11.3 Å². The molecule has 1 N–H and O–H groups in total. The number of aryl methyl sites for hydroxylation is 1. The molecule has 76 valence electrons. The molecule has 0 saturated heterocycles. The van der Waals surface area contributed by atoms with Gasteiger partial charge >= 0.3 is 0 Å². The molecular formula is C10H12ClNOS. The summed E-state index contributed by atoms with van der Waals surface area (Å²) in [5.74, 6) is 0.0141. The second-order valence-electron chi connectivity index (χ2n) is 2.87. The van der Waals surface area contributed by atoms with Crippen molar-refractivity contribution in [3.05, 3.63) is 34.0 Å². The summed E-state index contributed by atoms with van der Waals surface area (Å²) in [6, 6.07) is 4.01. The third-order valence-corrected chi connectivity index (χ3v) is 2.73. The lowest BCUT2D eigenvalue weighted by molar-refractivity contribution is -0.120. The van der Waals surface area contributed by atoms with Gasteiger partial charge in [0, 0.05) is 16.3 Å². The minimum absolute atomic E-state index is 0.0141. The molecule has 4 heteroatoms. The Hall–Kier alpha value is -0.800. The van der Waals surface area contributed by atoms with Gasteiger partial charge in [-0.15, -0.1) is 11.3 Å². The summed E-state index contributed by atoms with van der Waals surface area (Å²) in [6.45, 7) is 3.84. The molecule has 0 spiro atoms. The maximum Gasteiger partial charge on any atom is 0.220 e. The molecule has 0 bridgehead atoms. The number of halogens is 1. The first-order chi connectivity index (χ1) is 6.68. The molecule has 0 unspecified atom stereocenters. The summed E-state index contributed by atoms with van der Waals surface area (Å²) in [6.07, 6.45) is 1.29. The topological polar surface area (TPSA) is 29.1 Å². The van der Waals surface area contributed by atoms with Crippen LogP contribution in [0.2, 0.25) is 0 Å². The van der Waals surface area contributed by atoms with E-state index in [1.165, 1.54) is 4.88 Å². The first kappa shape index (κ1) is 11.3. The normalized spacial score (nSPS) is 9.79. The van der Waals surface area contributed by atoms with Crippen molar-refractivity contribution in [2.45, 2.75) is 12.8 Å². The predicted octanol–water partition coefficient (Wildman–Crippen LogP) is 2.55. The number of rotatable bonds is 5. The molecule has 1 heterocycles. The zero-order valence-corrected chi connectivity index (χ0v) is 9.33. The second kappa shape index (κ2) is 5.83. The van der Waals surface area contributed by atoms with Gasteiger partial charge in [0.05, 0.1) is 6.54 Å². The lowest BCUT2D eigenvalue weighted by Crippen LogP contribution is -2.24. The molecule has 0 aliphatic heterocycles. The van der Waals surface area contributed by atoms with Crippen LogP contribution in [0.5, 0.6) is 0 Å². The van der Waals surface area contributed by atoms with Gasteiger partial charge in [-0.3, -0.25) is 4.79 Å². The zero-order chi connectivity index (χ0) is 10.4. The van der Waals surface area contributed by atoms with Gasteiger partial charge in [0.15, 0.2) is 0 Å². The van der Waals surface area contributed by atoms with Crippen molar-refractivity contribution in [1.82, 2.24) is 5.32 Å². The van der Waals surface area contributed by atoms with E-state index in [2.05, 4.69) is 11.9 Å². The summed E-state index contributed by atoms with van der Waals surface area (Å²) >= 11 is 7.18. The average Bonchev–Trinajstić information content (AvgIpc) is 2.63. The van der Waals surface area contributed by atoms with Crippen molar-refractivity contribution in [1.29, 1.82) is 0 Å². The molecule has 0 fully saturated rings. The summed E-state index contributed by atoms with van der Waals surface area (Å²) < 4.78 is 0. The molecule has 0 aromatic carbocycles. The predicted molar refractivity (Wildman–Crippen MR) is 60.6 cm³/mol. The Morgan fingerprint density at radius 2 is 2.43 bits per heavy atom. The maximum atomic E-state index is 11.2. The third kappa shape index (κ3) is 4.44. The van der Waals surface area contributed by atoms with E-state index in [-0.39, 0.29) is 5.91 Å². The lowest BCUT2D eigenvalue weighted by atomic mass is 10.2. The average molecular weight is 230 g/mol. The molecular weight excluding hydrogens is 218 g/mol. The number of amides is 1. The number of carbonyl (C=O) groups is 1. The number of nitrogens with one attached hydrogen (secondary N) is 1. The van der Waals surface area contributed by atoms with Crippen LogP contribution in [-0.2, 0) is 11.2 Å². The van der Waals surface area contributed by atoms with Crippen LogP contribution in [0.3, 0.4) is 0 Å². The summed E-state index contributed by atoms with van der Waals surface area (Å²) in [5, 5.41) is 5.14. The van der Waals surface area contributed by atoms with Crippen LogP contribution >= 0.6 is 22.9 Å². The molecule has 2 nitrogen and oxygen atoms in total. The van der Waals surface area contributed by atoms with Crippen LogP contribution in [0, 0.1) is 0 Å². The highest BCUT2D eigenvalue weighted by atomic mass is 35.5. The van der Waals surface area contributed by atoms with Crippen LogP contribution < -0.4 is 5.32 Å². The Labute approximate surface area is 92.6 Å². The van der Waals surface area contributed by atoms with Crippen molar-refractivity contribution in [2.75, 3.05) is 6.54 Å². The molecule has 1 rings (SSSR count). The monoisotopic (exact) mass is 229 g/mol. The van der Waals surface area contributed by atoms with Crippen molar-refractivity contribution >= 4 is 28.8 Å². The number of hydrogen-bond acceptors (Lipinski definition) is 2. The second-order valence-corrected chi connectivity index (χ2v) is 4.44. The Morgan fingerprint density at radius 3 is 3.00 bits per heavy atom. The van der Waals surface area contributed by atoms with Gasteiger partial charge in [-0.1, -0.05) is 24.2 Å². The van der Waals surface area contributed by atoms with Gasteiger partial charge in [-0.25, -0.2) is 0 Å². The molecule has 1 aromatic heterocycles. The smallest absolute Gasteiger partial charge is 0.220 e. The Balaban J connectivity index is 2.18. The minimum Gasteiger partial charge on any atom is -0.351 e. The molecule has 0 aliphatic rings. The van der Waals surface area contributed by atoms with E-state index in [0.29, 0.717) is 18.0 Å². The SMILES string of the molecule is C=C(Cl)CNC(=O)CCc1cccs1. The lowest BCUT2D eigenvalue weighted by Gasteiger charge is -2.02. The van der Waals surface area contributed by atoms with Gasteiger partial charge in [0.25, 0.3) is 0 Å². The van der Waals surface area contributed by atoms with Gasteiger partial charge < -0.3 is 5.32 Å². The first-order valence-corrected chi connectivity index (χ1v) is 5.56. The minimum atomic E-state index is 0.0141. The van der Waals surface area contributed by atoms with E-state index in [4.69, 9.17) is 11.6 Å². The van der Waals surface area contributed by atoms with E-state index >= 15 is 0 Å². The largest absolute Gasteiger partial charge is 0.351 e. The molecule has 1 amide bonds. The molecule has 0 saturated carbocycles. The molecule has 0 atom stereocenters. The van der Waals surface area contributed by atoms with Crippen LogP contribution in [0.25, 0.3) is 0 Å². The van der Waals surface area contributed by atoms with Crippen LogP contribution in [0.1, 0.15) is 11.3 Å². The zero-order valence-electron chi connectivity index (χ0n) is 7.75. The van der Waals surface area contributed by atoms with Crippen LogP contribution in [0.4, 0.5) is 0 Å². The van der Waals surface area contributed by atoms with Gasteiger partial charge in [-0.2, -0.15) is 0 Å². The van der Waals surface area contributed by atoms with Crippen molar-refractivity contribution in [3.8, 4) is 0 Å². The number of thiophene rings is 1. The van der Waals surface area contributed by atoms with Crippen molar-refractivity contribution < 1.29 is 4.79 Å². The summed E-state index contributed by atoms with van der Waals surface area (Å²) in [7, 11) is 0. The fraction of sp³-hybridized carbons (Fsp3) is 0.300. The van der Waals surface area contributed by atoms with E-state index in [0.717, 1.165) is 6.42 Å². The number of hydrogen-bond donors (Lipinski definition) is 1. The van der Waals surface area contributed by atoms with E-state index < -0.39 is 0 Å². The molecule has 14 heavy (non-hydrogen) atoms. The van der Waals surface area contributed by atoms with Crippen LogP contribution in [0.15, 0.2) is 29.1 Å². The quantitative estimate of drug-likeness (QED) is 0.826. The molecule has 1 aromatic rings. The Bertz CT molecular complexity index is 308. The maximum absolute atomic E-state index is 11.2. The Kier molecular flexibility index (Phi) is 4.70. The summed E-state index contributed by atoms with van der Waals surface area (Å²) in [5.41, 5.74) is 0. The standard InChI is InChI=1S/C10H12ClNOS/c1-8(11)7-12-10(13)5-4-9-3-2-6-14-9/h2-3,6H,1,4-5,7H2,(H,12,13). The van der Waals surface area contributed by atoms with Gasteiger partial charge in [0.1, 0.15) is 0 Å². The fourth-order valence-electron chi connectivity index (χ4n) is 0.974. The van der Waals surface area contributed by atoms with Crippen molar-refractivity contribution in [3.63, 3.8) is 0 Å². The highest BCUT2D eigenvalue weighted by Crippen LogP contribution is 2.10. The highest BCUT2D eigenvalue weighted by molar-refractivity contribution is 7.09. The fourth-order valence-corrected chi connectivity index (χ4v) is 1.75. The van der Waals surface area contributed by atoms with Crippen LogP contribution in [-0.4, -0.2) is 12.5 Å². The Morgan fingerprint density at radius 1 is 1.64 bits per heavy atom. The van der Waals surface area contributed by atoms with E-state index in [1.807, 2.05) is 17.5 Å². The van der Waals surface area contributed by atoms with Crippen molar-refractivity contribution in [2.24, 2.45) is 0 Å². The highest BCUT2D eigenvalue weighted by Gasteiger charge is 2.02. The molecule has 0 aliphatic carbocycles. The van der Waals surface area contributed by atoms with Gasteiger partial charge in [-0.05, 0) is 17.9 Å². The van der Waals surface area contributed by atoms with Gasteiger partial charge in [0.2, 0.25) is 5.91 Å². The van der Waals surface area contributed by atoms with E-state index in [9.17, 15) is 4.79 Å². The number of carbonyl (C=O) groups excluding carboxylic acids is 1. The summed E-state index contributed by atoms with van der Waals surface area (Å²) in [4.78, 5) is 12.5.